The Labute approximate surface area is 211 Å². The van der Waals surface area contributed by atoms with E-state index in [0.717, 1.165) is 61.8 Å². The van der Waals surface area contributed by atoms with Crippen molar-refractivity contribution in [2.24, 2.45) is 4.99 Å². The third-order valence-electron chi connectivity index (χ3n) is 6.47. The zero-order chi connectivity index (χ0) is 24.0. The highest BCUT2D eigenvalue weighted by molar-refractivity contribution is 8.00. The number of para-hydroxylation sites is 1. The van der Waals surface area contributed by atoms with E-state index in [9.17, 15) is 4.79 Å². The maximum atomic E-state index is 13.2. The van der Waals surface area contributed by atoms with Crippen LogP contribution in [-0.2, 0) is 13.0 Å². The van der Waals surface area contributed by atoms with Gasteiger partial charge in [-0.25, -0.2) is 0 Å². The van der Waals surface area contributed by atoms with Gasteiger partial charge in [0.1, 0.15) is 5.75 Å². The maximum absolute atomic E-state index is 13.2. The van der Waals surface area contributed by atoms with Crippen LogP contribution in [0.25, 0.3) is 0 Å². The monoisotopic (exact) mass is 486 g/mol. The van der Waals surface area contributed by atoms with E-state index in [-0.39, 0.29) is 5.91 Å². The summed E-state index contributed by atoms with van der Waals surface area (Å²) in [6.07, 6.45) is 3.99. The van der Waals surface area contributed by atoms with E-state index in [2.05, 4.69) is 57.1 Å². The number of ether oxygens (including phenoxy) is 1. The minimum absolute atomic E-state index is 0.0494. The van der Waals surface area contributed by atoms with E-state index >= 15 is 0 Å². The fourth-order valence-electron chi connectivity index (χ4n) is 4.53. The van der Waals surface area contributed by atoms with Crippen LogP contribution in [0.2, 0.25) is 0 Å². The quantitative estimate of drug-likeness (QED) is 0.452. The Morgan fingerprint density at radius 1 is 1.03 bits per heavy atom. The molecule has 7 heteroatoms. The summed E-state index contributed by atoms with van der Waals surface area (Å²) >= 11 is 1.52. The topological polar surface area (TPSA) is 57.2 Å². The van der Waals surface area contributed by atoms with Crippen LogP contribution in [0.15, 0.2) is 76.6 Å². The fraction of sp³-hybridized carbons (Fsp3) is 0.286. The Bertz CT molecular complexity index is 1210. The summed E-state index contributed by atoms with van der Waals surface area (Å²) in [6.45, 7) is 4.12. The summed E-state index contributed by atoms with van der Waals surface area (Å²) in [5.74, 6) is 0.702. The number of fused-ring (bicyclic) bond motifs is 1. The second kappa shape index (κ2) is 11.0. The number of amides is 1. The lowest BCUT2D eigenvalue weighted by Crippen LogP contribution is -2.48. The normalized spacial score (nSPS) is 15.5. The molecular formula is C28H30N4O2S. The first kappa shape index (κ1) is 23.5. The maximum Gasteiger partial charge on any atom is 0.254 e. The largest absolute Gasteiger partial charge is 0.495 e. The zero-order valence-corrected chi connectivity index (χ0v) is 20.8. The minimum atomic E-state index is 0.0494. The summed E-state index contributed by atoms with van der Waals surface area (Å²) in [5, 5.41) is 0. The number of aliphatic imine (C=N–C) groups is 1. The van der Waals surface area contributed by atoms with Crippen molar-refractivity contribution in [1.82, 2.24) is 9.80 Å². The molecular weight excluding hydrogens is 456 g/mol. The van der Waals surface area contributed by atoms with E-state index in [1.807, 2.05) is 35.4 Å². The third kappa shape index (κ3) is 5.52. The average molecular weight is 487 g/mol. The SMILES string of the molecule is COc1cc(C(=O)N2CCN(Cc3ccccc3)CC2)ccc1NSc1cccc2c1N=CCC2. The summed E-state index contributed by atoms with van der Waals surface area (Å²) in [6, 6.07) is 22.4. The number of nitrogens with one attached hydrogen (secondary N) is 1. The zero-order valence-electron chi connectivity index (χ0n) is 19.9. The molecule has 0 aromatic heterocycles. The van der Waals surface area contributed by atoms with Crippen LogP contribution < -0.4 is 9.46 Å². The lowest BCUT2D eigenvalue weighted by molar-refractivity contribution is 0.0628. The van der Waals surface area contributed by atoms with Gasteiger partial charge in [-0.05, 0) is 60.2 Å². The Balaban J connectivity index is 1.21. The first-order valence-electron chi connectivity index (χ1n) is 12.0. The number of carbonyl (C=O) groups is 1. The Hall–Kier alpha value is -3.29. The van der Waals surface area contributed by atoms with Gasteiger partial charge in [-0.1, -0.05) is 42.5 Å². The van der Waals surface area contributed by atoms with Crippen LogP contribution in [0.3, 0.4) is 0 Å². The lowest BCUT2D eigenvalue weighted by Gasteiger charge is -2.34. The van der Waals surface area contributed by atoms with Crippen LogP contribution in [-0.4, -0.2) is 55.2 Å². The van der Waals surface area contributed by atoms with Crippen LogP contribution in [0.5, 0.6) is 5.75 Å². The number of carbonyl (C=O) groups excluding carboxylic acids is 1. The highest BCUT2D eigenvalue weighted by Crippen LogP contribution is 2.37. The Morgan fingerprint density at radius 2 is 1.86 bits per heavy atom. The second-order valence-corrected chi connectivity index (χ2v) is 9.64. The van der Waals surface area contributed by atoms with Gasteiger partial charge in [-0.15, -0.1) is 0 Å². The number of methoxy groups -OCH3 is 1. The molecule has 2 heterocycles. The molecule has 1 saturated heterocycles. The Kier molecular flexibility index (Phi) is 7.35. The van der Waals surface area contributed by atoms with Gasteiger partial charge < -0.3 is 14.4 Å². The summed E-state index contributed by atoms with van der Waals surface area (Å²) in [4.78, 5) is 23.2. The van der Waals surface area contributed by atoms with Crippen LogP contribution in [0.4, 0.5) is 11.4 Å². The molecule has 0 unspecified atom stereocenters. The molecule has 0 aliphatic carbocycles. The number of aryl methyl sites for hydroxylation is 1. The van der Waals surface area contributed by atoms with E-state index in [1.54, 1.807) is 7.11 Å². The number of piperazine rings is 1. The molecule has 0 saturated carbocycles. The number of rotatable bonds is 7. The molecule has 0 spiro atoms. The van der Waals surface area contributed by atoms with E-state index in [4.69, 9.17) is 4.74 Å². The second-order valence-electron chi connectivity index (χ2n) is 8.79. The number of benzene rings is 3. The van der Waals surface area contributed by atoms with Gasteiger partial charge in [0.15, 0.2) is 0 Å². The summed E-state index contributed by atoms with van der Waals surface area (Å²) in [7, 11) is 1.64. The van der Waals surface area contributed by atoms with Gasteiger partial charge >= 0.3 is 0 Å². The van der Waals surface area contributed by atoms with Gasteiger partial charge in [0.25, 0.3) is 5.91 Å². The van der Waals surface area contributed by atoms with Crippen molar-refractivity contribution in [3.63, 3.8) is 0 Å². The van der Waals surface area contributed by atoms with Crippen molar-refractivity contribution >= 4 is 35.4 Å². The summed E-state index contributed by atoms with van der Waals surface area (Å²) < 4.78 is 9.02. The van der Waals surface area contributed by atoms with Crippen molar-refractivity contribution in [2.45, 2.75) is 24.3 Å². The van der Waals surface area contributed by atoms with Gasteiger partial charge in [0.2, 0.25) is 0 Å². The molecule has 35 heavy (non-hydrogen) atoms. The molecule has 6 nitrogen and oxygen atoms in total. The van der Waals surface area contributed by atoms with Crippen LogP contribution >= 0.6 is 11.9 Å². The molecule has 1 amide bonds. The van der Waals surface area contributed by atoms with E-state index < -0.39 is 0 Å². The van der Waals surface area contributed by atoms with Gasteiger partial charge in [0.05, 0.1) is 23.4 Å². The molecule has 5 rings (SSSR count). The van der Waals surface area contributed by atoms with Crippen molar-refractivity contribution in [3.05, 3.63) is 83.4 Å². The molecule has 0 radical (unpaired) electrons. The molecule has 0 bridgehead atoms. The summed E-state index contributed by atoms with van der Waals surface area (Å²) in [5.41, 5.74) is 5.10. The van der Waals surface area contributed by atoms with Gasteiger partial charge in [0, 0.05) is 44.5 Å². The number of hydrogen-bond acceptors (Lipinski definition) is 6. The van der Waals surface area contributed by atoms with Crippen LogP contribution in [0.1, 0.15) is 27.9 Å². The lowest BCUT2D eigenvalue weighted by atomic mass is 10.1. The molecule has 1 N–H and O–H groups in total. The van der Waals surface area contributed by atoms with Crippen molar-refractivity contribution in [3.8, 4) is 5.75 Å². The van der Waals surface area contributed by atoms with Crippen molar-refractivity contribution in [1.29, 1.82) is 0 Å². The molecule has 180 valence electrons. The third-order valence-corrected chi connectivity index (χ3v) is 7.34. The molecule has 2 aliphatic rings. The highest BCUT2D eigenvalue weighted by Gasteiger charge is 2.23. The Morgan fingerprint density at radius 3 is 2.66 bits per heavy atom. The van der Waals surface area contributed by atoms with E-state index in [1.165, 1.54) is 23.1 Å². The van der Waals surface area contributed by atoms with Crippen molar-refractivity contribution in [2.75, 3.05) is 38.0 Å². The predicted octanol–water partition coefficient (Wildman–Crippen LogP) is 5.42. The van der Waals surface area contributed by atoms with Gasteiger partial charge in [-0.2, -0.15) is 0 Å². The highest BCUT2D eigenvalue weighted by atomic mass is 32.2. The molecule has 3 aromatic rings. The fourth-order valence-corrected chi connectivity index (χ4v) is 5.34. The van der Waals surface area contributed by atoms with Crippen LogP contribution in [0, 0.1) is 0 Å². The van der Waals surface area contributed by atoms with Crippen molar-refractivity contribution < 1.29 is 9.53 Å². The molecule has 3 aromatic carbocycles. The average Bonchev–Trinajstić information content (AvgIpc) is 2.92. The van der Waals surface area contributed by atoms with E-state index in [0.29, 0.717) is 11.3 Å². The number of nitrogens with zero attached hydrogens (tertiary/aromatic N) is 3. The molecule has 1 fully saturated rings. The minimum Gasteiger partial charge on any atom is -0.495 e. The molecule has 0 atom stereocenters. The first-order chi connectivity index (χ1) is 17.2. The number of anilines is 1. The standard InChI is InChI=1S/C28H30N4O2S/c1-34-25-19-23(28(33)32-17-15-31(16-18-32)20-21-7-3-2-4-8-21)12-13-24(25)30-35-26-11-5-9-22-10-6-14-29-27(22)26/h2-5,7-9,11-14,19,30H,6,10,15-18,20H2,1H3. The first-order valence-corrected chi connectivity index (χ1v) is 12.8. The molecule has 2 aliphatic heterocycles. The smallest absolute Gasteiger partial charge is 0.254 e. The number of hydrogen-bond donors (Lipinski definition) is 1. The van der Waals surface area contributed by atoms with Gasteiger partial charge in [-0.3, -0.25) is 14.7 Å². The predicted molar refractivity (Wildman–Crippen MR) is 143 cm³/mol.